The highest BCUT2D eigenvalue weighted by Gasteiger charge is 2.25. The van der Waals surface area contributed by atoms with Crippen LogP contribution in [0, 0.1) is 0 Å². The van der Waals surface area contributed by atoms with Gasteiger partial charge in [-0.2, -0.15) is 0 Å². The Kier molecular flexibility index (Phi) is 43.9. The van der Waals surface area contributed by atoms with Gasteiger partial charge in [0.25, 0.3) is 0 Å². The highest BCUT2D eigenvalue weighted by atomic mass is 31.2. The number of ether oxygens (including phenoxy) is 2. The molecule has 2 atom stereocenters. The van der Waals surface area contributed by atoms with Crippen LogP contribution >= 0.6 is 7.82 Å². The fraction of sp³-hybridized carbons (Fsp3) is 0.771. The first-order valence-electron chi connectivity index (χ1n) is 23.3. The lowest BCUT2D eigenvalue weighted by molar-refractivity contribution is -0.154. The van der Waals surface area contributed by atoms with Crippen LogP contribution in [0.15, 0.2) is 60.8 Å². The second-order valence-corrected chi connectivity index (χ2v) is 16.7. The summed E-state index contributed by atoms with van der Waals surface area (Å²) in [4.78, 5) is 22.5. The molecule has 3 N–H and O–H groups in total. The molecule has 0 aromatic carbocycles. The minimum absolute atomic E-state index is 0.0971. The van der Waals surface area contributed by atoms with E-state index in [1.165, 1.54) is 116 Å². The van der Waals surface area contributed by atoms with Crippen LogP contribution in [-0.2, 0) is 27.9 Å². The molecule has 0 saturated heterocycles. The standard InChI is InChI=1S/C48H88NO7P/c1-3-5-7-9-11-13-15-17-18-19-20-21-22-23-24-25-26-27-28-29-30-32-34-36-38-40-43-53-45-47(46-55-57(51,52)54-44-42-49)56-48(50)41-39-37-35-33-31-16-14-12-10-8-6-4-2/h5,7,11,13,17-18,20-21,23-24,47H,3-4,6,8-10,12,14-16,19,22,25-46,49H2,1-2H3,(H,51,52)/b7-5-,13-11-,18-17-,21-20-,24-23-. The number of hydrogen-bond donors (Lipinski definition) is 2. The lowest BCUT2D eigenvalue weighted by Gasteiger charge is -2.20. The molecule has 0 saturated carbocycles. The van der Waals surface area contributed by atoms with Gasteiger partial charge in [0.15, 0.2) is 0 Å². The van der Waals surface area contributed by atoms with Crippen molar-refractivity contribution in [1.82, 2.24) is 0 Å². The van der Waals surface area contributed by atoms with Crippen molar-refractivity contribution in [3.8, 4) is 0 Å². The van der Waals surface area contributed by atoms with Crippen LogP contribution in [0.4, 0.5) is 0 Å². The predicted octanol–water partition coefficient (Wildman–Crippen LogP) is 14.1. The number of hydrogen-bond acceptors (Lipinski definition) is 7. The van der Waals surface area contributed by atoms with E-state index in [0.29, 0.717) is 13.0 Å². The molecule has 0 spiro atoms. The zero-order valence-electron chi connectivity index (χ0n) is 36.8. The van der Waals surface area contributed by atoms with Crippen molar-refractivity contribution in [3.63, 3.8) is 0 Å². The normalized spacial score (nSPS) is 14.0. The van der Waals surface area contributed by atoms with Crippen molar-refractivity contribution in [2.45, 2.75) is 206 Å². The third-order valence-corrected chi connectivity index (χ3v) is 10.7. The van der Waals surface area contributed by atoms with Gasteiger partial charge in [-0.1, -0.05) is 197 Å². The van der Waals surface area contributed by atoms with E-state index >= 15 is 0 Å². The Morgan fingerprint density at radius 2 is 0.982 bits per heavy atom. The van der Waals surface area contributed by atoms with Gasteiger partial charge >= 0.3 is 13.8 Å². The molecule has 2 unspecified atom stereocenters. The first-order valence-corrected chi connectivity index (χ1v) is 24.8. The van der Waals surface area contributed by atoms with Crippen LogP contribution in [0.3, 0.4) is 0 Å². The highest BCUT2D eigenvalue weighted by molar-refractivity contribution is 7.47. The van der Waals surface area contributed by atoms with Gasteiger partial charge in [-0.15, -0.1) is 0 Å². The van der Waals surface area contributed by atoms with Gasteiger partial charge in [0.1, 0.15) is 6.10 Å². The molecule has 0 radical (unpaired) electrons. The second kappa shape index (κ2) is 45.3. The smallest absolute Gasteiger partial charge is 0.457 e. The third kappa shape index (κ3) is 45.1. The number of carbonyl (C=O) groups is 1. The molecule has 57 heavy (non-hydrogen) atoms. The van der Waals surface area contributed by atoms with Crippen LogP contribution in [0.25, 0.3) is 0 Å². The van der Waals surface area contributed by atoms with Gasteiger partial charge in [0.2, 0.25) is 0 Å². The Labute approximate surface area is 351 Å². The quantitative estimate of drug-likeness (QED) is 0.0270. The molecule has 0 aliphatic rings. The van der Waals surface area contributed by atoms with E-state index in [2.05, 4.69) is 74.6 Å². The van der Waals surface area contributed by atoms with E-state index in [0.717, 1.165) is 64.2 Å². The maximum absolute atomic E-state index is 12.6. The molecule has 0 fully saturated rings. The molecular weight excluding hydrogens is 734 g/mol. The van der Waals surface area contributed by atoms with Crippen LogP contribution in [0.2, 0.25) is 0 Å². The maximum atomic E-state index is 12.6. The van der Waals surface area contributed by atoms with Crippen LogP contribution in [0.1, 0.15) is 200 Å². The second-order valence-electron chi connectivity index (χ2n) is 15.2. The highest BCUT2D eigenvalue weighted by Crippen LogP contribution is 2.43. The number of unbranched alkanes of at least 4 members (excludes halogenated alkanes) is 21. The summed E-state index contributed by atoms with van der Waals surface area (Å²) in [7, 11) is -4.28. The monoisotopic (exact) mass is 822 g/mol. The number of nitrogens with two attached hydrogens (primary N) is 1. The van der Waals surface area contributed by atoms with Crippen molar-refractivity contribution in [3.05, 3.63) is 60.8 Å². The number of phosphoric ester groups is 1. The topological polar surface area (TPSA) is 117 Å². The molecule has 0 aliphatic heterocycles. The van der Waals surface area contributed by atoms with E-state index in [4.69, 9.17) is 24.3 Å². The summed E-state index contributed by atoms with van der Waals surface area (Å²) < 4.78 is 33.5. The summed E-state index contributed by atoms with van der Waals surface area (Å²) in [6.45, 7) is 4.80. The lowest BCUT2D eigenvalue weighted by atomic mass is 10.0. The Morgan fingerprint density at radius 1 is 0.544 bits per heavy atom. The van der Waals surface area contributed by atoms with E-state index < -0.39 is 13.9 Å². The Morgan fingerprint density at radius 3 is 1.47 bits per heavy atom. The summed E-state index contributed by atoms with van der Waals surface area (Å²) in [5.41, 5.74) is 5.37. The van der Waals surface area contributed by atoms with Crippen LogP contribution < -0.4 is 5.73 Å². The van der Waals surface area contributed by atoms with E-state index in [1.54, 1.807) is 0 Å². The summed E-state index contributed by atoms with van der Waals surface area (Å²) >= 11 is 0. The van der Waals surface area contributed by atoms with Crippen molar-refractivity contribution in [1.29, 1.82) is 0 Å². The summed E-state index contributed by atoms with van der Waals surface area (Å²) in [6.07, 6.45) is 55.3. The van der Waals surface area contributed by atoms with Crippen molar-refractivity contribution < 1.29 is 32.8 Å². The van der Waals surface area contributed by atoms with Gasteiger partial charge in [-0.3, -0.25) is 13.8 Å². The number of carbonyl (C=O) groups excluding carboxylic acids is 1. The zero-order valence-corrected chi connectivity index (χ0v) is 37.7. The van der Waals surface area contributed by atoms with Gasteiger partial charge in [-0.25, -0.2) is 4.57 Å². The van der Waals surface area contributed by atoms with Gasteiger partial charge in [0.05, 0.1) is 19.8 Å². The molecule has 0 heterocycles. The summed E-state index contributed by atoms with van der Waals surface area (Å²) in [5, 5.41) is 0. The van der Waals surface area contributed by atoms with Crippen molar-refractivity contribution in [2.24, 2.45) is 5.73 Å². The molecule has 0 aromatic heterocycles. The zero-order chi connectivity index (χ0) is 41.6. The summed E-state index contributed by atoms with van der Waals surface area (Å²) in [5.74, 6) is -0.333. The van der Waals surface area contributed by atoms with E-state index in [-0.39, 0.29) is 32.3 Å². The molecule has 0 bridgehead atoms. The Balaban J connectivity index is 3.93. The maximum Gasteiger partial charge on any atom is 0.472 e. The molecule has 0 amide bonds. The van der Waals surface area contributed by atoms with Crippen LogP contribution in [0.5, 0.6) is 0 Å². The molecule has 332 valence electrons. The molecule has 0 rings (SSSR count). The van der Waals surface area contributed by atoms with E-state index in [1.807, 2.05) is 0 Å². The third-order valence-electron chi connectivity index (χ3n) is 9.70. The molecule has 9 heteroatoms. The number of rotatable bonds is 44. The Bertz CT molecular complexity index is 1060. The number of allylic oxidation sites excluding steroid dienone is 10. The van der Waals surface area contributed by atoms with Gasteiger partial charge in [-0.05, 0) is 57.8 Å². The lowest BCUT2D eigenvalue weighted by Crippen LogP contribution is -2.28. The first kappa shape index (κ1) is 55.2. The van der Waals surface area contributed by atoms with Crippen molar-refractivity contribution >= 4 is 13.8 Å². The fourth-order valence-electron chi connectivity index (χ4n) is 6.32. The van der Waals surface area contributed by atoms with Gasteiger partial charge in [0, 0.05) is 19.6 Å². The predicted molar refractivity (Wildman–Crippen MR) is 242 cm³/mol. The molecule has 0 aromatic rings. The number of phosphoric acid groups is 1. The molecule has 8 nitrogen and oxygen atoms in total. The molecule has 0 aliphatic carbocycles. The minimum atomic E-state index is -4.28. The minimum Gasteiger partial charge on any atom is -0.457 e. The Hall–Kier alpha value is -1.80. The van der Waals surface area contributed by atoms with Crippen LogP contribution in [-0.4, -0.2) is 49.9 Å². The molecular formula is C48H88NO7P. The first-order chi connectivity index (χ1) is 27.9. The van der Waals surface area contributed by atoms with E-state index in [9.17, 15) is 14.3 Å². The fourth-order valence-corrected chi connectivity index (χ4v) is 7.08. The summed E-state index contributed by atoms with van der Waals surface area (Å²) in [6, 6.07) is 0. The largest absolute Gasteiger partial charge is 0.472 e. The number of esters is 1. The SMILES string of the molecule is CC/C=C\C/C=C\C/C=C\C/C=C\C/C=C\CCCCCCCCCCCCOCC(COP(=O)(O)OCCN)OC(=O)CCCCCCCCCCCCCC. The van der Waals surface area contributed by atoms with Gasteiger partial charge < -0.3 is 20.1 Å². The van der Waals surface area contributed by atoms with Crippen molar-refractivity contribution in [2.75, 3.05) is 33.0 Å². The average molecular weight is 822 g/mol. The average Bonchev–Trinajstić information content (AvgIpc) is 3.20.